The minimum atomic E-state index is -4.42. The molecule has 30 heavy (non-hydrogen) atoms. The first-order valence-corrected chi connectivity index (χ1v) is 9.31. The molecule has 0 spiro atoms. The second-order valence-corrected chi connectivity index (χ2v) is 6.97. The molecule has 0 unspecified atom stereocenters. The van der Waals surface area contributed by atoms with Gasteiger partial charge in [0.25, 0.3) is 0 Å². The van der Waals surface area contributed by atoms with Gasteiger partial charge in [-0.15, -0.1) is 0 Å². The lowest BCUT2D eigenvalue weighted by atomic mass is 10.1. The van der Waals surface area contributed by atoms with E-state index in [9.17, 15) is 18.0 Å². The number of benzene rings is 2. The van der Waals surface area contributed by atoms with Crippen LogP contribution in [0.4, 0.5) is 13.2 Å². The molecule has 7 heteroatoms. The fourth-order valence-corrected chi connectivity index (χ4v) is 3.39. The van der Waals surface area contributed by atoms with Crippen LogP contribution in [0.5, 0.6) is 0 Å². The molecule has 152 valence electrons. The SMILES string of the molecule is Cc1nc(CNC(=O)/C=C/c2cccc(C(F)(F)F)c2)cc2c1[nH]c1ccccc12. The van der Waals surface area contributed by atoms with Crippen molar-refractivity contribution in [3.63, 3.8) is 0 Å². The summed E-state index contributed by atoms with van der Waals surface area (Å²) in [5, 5.41) is 4.83. The molecule has 0 saturated heterocycles. The standard InChI is InChI=1S/C23H18F3N3O/c1-14-22-19(18-7-2-3-8-20(18)29-22)12-17(28-14)13-27-21(30)10-9-15-5-4-6-16(11-15)23(24,25)26/h2-12,29H,13H2,1H3,(H,27,30)/b10-9+. The van der Waals surface area contributed by atoms with E-state index >= 15 is 0 Å². The first kappa shape index (κ1) is 19.7. The molecule has 4 aromatic rings. The van der Waals surface area contributed by atoms with Gasteiger partial charge in [-0.1, -0.05) is 30.3 Å². The van der Waals surface area contributed by atoms with Crippen LogP contribution in [0, 0.1) is 6.92 Å². The molecule has 0 aliphatic carbocycles. The zero-order chi connectivity index (χ0) is 21.3. The zero-order valence-electron chi connectivity index (χ0n) is 16.0. The van der Waals surface area contributed by atoms with E-state index in [4.69, 9.17) is 0 Å². The van der Waals surface area contributed by atoms with Crippen molar-refractivity contribution < 1.29 is 18.0 Å². The number of para-hydroxylation sites is 1. The molecule has 2 N–H and O–H groups in total. The molecule has 0 aliphatic heterocycles. The number of carbonyl (C=O) groups is 1. The minimum absolute atomic E-state index is 0.210. The number of fused-ring (bicyclic) bond motifs is 3. The molecule has 0 fully saturated rings. The summed E-state index contributed by atoms with van der Waals surface area (Å²) >= 11 is 0. The molecule has 2 heterocycles. The van der Waals surface area contributed by atoms with Gasteiger partial charge in [-0.3, -0.25) is 9.78 Å². The van der Waals surface area contributed by atoms with Crippen molar-refractivity contribution >= 4 is 33.8 Å². The number of aromatic nitrogens is 2. The number of alkyl halides is 3. The molecule has 0 bridgehead atoms. The molecule has 2 aromatic carbocycles. The number of carbonyl (C=O) groups excluding carboxylic acids is 1. The van der Waals surface area contributed by atoms with Crippen LogP contribution in [0.25, 0.3) is 27.9 Å². The Kier molecular flexibility index (Phi) is 5.03. The molecule has 0 saturated carbocycles. The van der Waals surface area contributed by atoms with E-state index in [1.165, 1.54) is 24.3 Å². The van der Waals surface area contributed by atoms with Crippen LogP contribution in [0.3, 0.4) is 0 Å². The maximum atomic E-state index is 12.8. The van der Waals surface area contributed by atoms with Crippen LogP contribution in [0.2, 0.25) is 0 Å². The van der Waals surface area contributed by atoms with E-state index in [-0.39, 0.29) is 6.54 Å². The Hall–Kier alpha value is -3.61. The van der Waals surface area contributed by atoms with Crippen molar-refractivity contribution in [2.45, 2.75) is 19.6 Å². The molecular formula is C23H18F3N3O. The number of aromatic amines is 1. The van der Waals surface area contributed by atoms with Crippen LogP contribution in [0.1, 0.15) is 22.5 Å². The molecule has 0 atom stereocenters. The van der Waals surface area contributed by atoms with E-state index in [0.29, 0.717) is 11.3 Å². The maximum absolute atomic E-state index is 12.8. The van der Waals surface area contributed by atoms with Crippen LogP contribution < -0.4 is 5.32 Å². The number of hydrogen-bond donors (Lipinski definition) is 2. The van der Waals surface area contributed by atoms with Gasteiger partial charge in [0, 0.05) is 22.4 Å². The van der Waals surface area contributed by atoms with E-state index < -0.39 is 17.6 Å². The Morgan fingerprint density at radius 3 is 2.70 bits per heavy atom. The monoisotopic (exact) mass is 409 g/mol. The lowest BCUT2D eigenvalue weighted by Crippen LogP contribution is -2.21. The zero-order valence-corrected chi connectivity index (χ0v) is 16.0. The normalized spacial score (nSPS) is 12.1. The summed E-state index contributed by atoms with van der Waals surface area (Å²) in [7, 11) is 0. The molecular weight excluding hydrogens is 391 g/mol. The predicted octanol–water partition coefficient (Wildman–Crippen LogP) is 5.37. The van der Waals surface area contributed by atoms with Gasteiger partial charge < -0.3 is 10.3 Å². The summed E-state index contributed by atoms with van der Waals surface area (Å²) in [5.41, 5.74) is 3.04. The number of nitrogens with one attached hydrogen (secondary N) is 2. The van der Waals surface area contributed by atoms with Gasteiger partial charge in [-0.05, 0) is 42.8 Å². The average Bonchev–Trinajstić information content (AvgIpc) is 3.10. The van der Waals surface area contributed by atoms with E-state index in [0.717, 1.165) is 39.6 Å². The molecule has 0 radical (unpaired) electrons. The Morgan fingerprint density at radius 2 is 1.90 bits per heavy atom. The van der Waals surface area contributed by atoms with Gasteiger partial charge in [0.15, 0.2) is 0 Å². The number of hydrogen-bond acceptors (Lipinski definition) is 2. The summed E-state index contributed by atoms with van der Waals surface area (Å²) in [6, 6.07) is 14.7. The van der Waals surface area contributed by atoms with Crippen molar-refractivity contribution in [1.29, 1.82) is 0 Å². The Balaban J connectivity index is 1.48. The van der Waals surface area contributed by atoms with Gasteiger partial charge in [0.1, 0.15) is 0 Å². The number of rotatable bonds is 4. The summed E-state index contributed by atoms with van der Waals surface area (Å²) in [5.74, 6) is -0.411. The fourth-order valence-electron chi connectivity index (χ4n) is 3.39. The van der Waals surface area contributed by atoms with E-state index in [1.807, 2.05) is 37.3 Å². The highest BCUT2D eigenvalue weighted by Crippen LogP contribution is 2.30. The van der Waals surface area contributed by atoms with Gasteiger partial charge in [0.05, 0.1) is 29.0 Å². The topological polar surface area (TPSA) is 57.8 Å². The van der Waals surface area contributed by atoms with E-state index in [1.54, 1.807) is 0 Å². The third-order valence-electron chi connectivity index (χ3n) is 4.82. The van der Waals surface area contributed by atoms with Gasteiger partial charge in [-0.2, -0.15) is 13.2 Å². The number of halogens is 3. The Bertz CT molecular complexity index is 1270. The number of H-pyrrole nitrogens is 1. The molecule has 4 nitrogen and oxygen atoms in total. The summed E-state index contributed by atoms with van der Waals surface area (Å²) < 4.78 is 38.3. The number of pyridine rings is 1. The Morgan fingerprint density at radius 1 is 1.10 bits per heavy atom. The third-order valence-corrected chi connectivity index (χ3v) is 4.82. The first-order chi connectivity index (χ1) is 14.3. The molecule has 4 rings (SSSR count). The quantitative estimate of drug-likeness (QED) is 0.445. The summed E-state index contributed by atoms with van der Waals surface area (Å²) in [6.45, 7) is 2.11. The highest BCUT2D eigenvalue weighted by Gasteiger charge is 2.30. The van der Waals surface area contributed by atoms with Crippen molar-refractivity contribution in [3.05, 3.63) is 83.2 Å². The average molecular weight is 409 g/mol. The second kappa shape index (κ2) is 7.67. The fraction of sp³-hybridized carbons (Fsp3) is 0.130. The Labute approximate surface area is 170 Å². The van der Waals surface area contributed by atoms with Gasteiger partial charge in [0.2, 0.25) is 5.91 Å². The van der Waals surface area contributed by atoms with Gasteiger partial charge in [-0.25, -0.2) is 0 Å². The maximum Gasteiger partial charge on any atom is 0.416 e. The van der Waals surface area contributed by atoms with Crippen molar-refractivity contribution in [2.75, 3.05) is 0 Å². The smallest absolute Gasteiger partial charge is 0.353 e. The first-order valence-electron chi connectivity index (χ1n) is 9.31. The van der Waals surface area contributed by atoms with Crippen LogP contribution in [0.15, 0.2) is 60.7 Å². The van der Waals surface area contributed by atoms with Crippen LogP contribution in [-0.4, -0.2) is 15.9 Å². The van der Waals surface area contributed by atoms with Crippen LogP contribution in [-0.2, 0) is 17.5 Å². The lowest BCUT2D eigenvalue weighted by Gasteiger charge is -2.07. The molecule has 2 aromatic heterocycles. The van der Waals surface area contributed by atoms with Crippen LogP contribution >= 0.6 is 0 Å². The largest absolute Gasteiger partial charge is 0.416 e. The predicted molar refractivity (Wildman–Crippen MR) is 111 cm³/mol. The molecule has 0 aliphatic rings. The second-order valence-electron chi connectivity index (χ2n) is 6.97. The highest BCUT2D eigenvalue weighted by molar-refractivity contribution is 6.07. The summed E-state index contributed by atoms with van der Waals surface area (Å²) in [4.78, 5) is 20.0. The number of aryl methyl sites for hydroxylation is 1. The third kappa shape index (κ3) is 4.05. The lowest BCUT2D eigenvalue weighted by molar-refractivity contribution is -0.137. The van der Waals surface area contributed by atoms with Crippen molar-refractivity contribution in [2.24, 2.45) is 0 Å². The van der Waals surface area contributed by atoms with Gasteiger partial charge >= 0.3 is 6.18 Å². The van der Waals surface area contributed by atoms with Crippen molar-refractivity contribution in [1.82, 2.24) is 15.3 Å². The van der Waals surface area contributed by atoms with E-state index in [2.05, 4.69) is 15.3 Å². The summed E-state index contributed by atoms with van der Waals surface area (Å²) in [6.07, 6.45) is -1.85. The van der Waals surface area contributed by atoms with Crippen molar-refractivity contribution in [3.8, 4) is 0 Å². The number of amides is 1. The highest BCUT2D eigenvalue weighted by atomic mass is 19.4. The molecule has 1 amide bonds. The number of nitrogens with zero attached hydrogens (tertiary/aromatic N) is 1. The minimum Gasteiger partial charge on any atom is -0.353 e.